The van der Waals surface area contributed by atoms with Gasteiger partial charge in [-0.05, 0) is 49.2 Å². The summed E-state index contributed by atoms with van der Waals surface area (Å²) in [5.74, 6) is 0.810. The lowest BCUT2D eigenvalue weighted by molar-refractivity contribution is 0.477. The van der Waals surface area contributed by atoms with Crippen molar-refractivity contribution in [3.05, 3.63) is 71.9 Å². The molecule has 0 aliphatic carbocycles. The van der Waals surface area contributed by atoms with Crippen LogP contribution >= 0.6 is 0 Å². The molecule has 3 N–H and O–H groups in total. The Hall–Kier alpha value is -3.88. The van der Waals surface area contributed by atoms with Crippen LogP contribution < -0.4 is 10.0 Å². The van der Waals surface area contributed by atoms with Crippen LogP contribution in [0.15, 0.2) is 65.7 Å². The molecule has 0 bridgehead atoms. The number of fused-ring (bicyclic) bond motifs is 1. The number of nitrogens with zero attached hydrogens (tertiary/aromatic N) is 4. The van der Waals surface area contributed by atoms with E-state index in [1.165, 1.54) is 24.3 Å². The minimum absolute atomic E-state index is 0.124. The maximum Gasteiger partial charge on any atom is 0.240 e. The van der Waals surface area contributed by atoms with Gasteiger partial charge in [0.2, 0.25) is 10.0 Å². The quantitative estimate of drug-likeness (QED) is 0.232. The Morgan fingerprint density at radius 1 is 1.09 bits per heavy atom. The van der Waals surface area contributed by atoms with E-state index >= 15 is 0 Å². The van der Waals surface area contributed by atoms with Gasteiger partial charge in [-0.15, -0.1) is 0 Å². The summed E-state index contributed by atoms with van der Waals surface area (Å²) in [5.41, 5.74) is 2.97. The van der Waals surface area contributed by atoms with Gasteiger partial charge < -0.3 is 10.4 Å². The second kappa shape index (κ2) is 10.6. The molecule has 9 nitrogen and oxygen atoms in total. The summed E-state index contributed by atoms with van der Waals surface area (Å²) in [7, 11) is 2.21. The first-order chi connectivity index (χ1) is 16.9. The third-order valence-electron chi connectivity index (χ3n) is 5.44. The number of aromatic hydroxyl groups is 1. The standard InChI is InChI=1S/C24H23BN6O3S/c25-14-18-16-28-31-23(13-21(30-24(18)31)20-5-1-2-6-22(20)32)27-11-3-4-12-29-35(33,34)19-9-7-17(15-26)8-10-19/h1-2,5-10,13,16,27,29,32H,3-4,11-12,14H2. The summed E-state index contributed by atoms with van der Waals surface area (Å²) in [6, 6.07) is 16.5. The minimum Gasteiger partial charge on any atom is -0.507 e. The summed E-state index contributed by atoms with van der Waals surface area (Å²) in [5, 5.41) is 26.8. The van der Waals surface area contributed by atoms with Crippen molar-refractivity contribution in [2.75, 3.05) is 18.4 Å². The Morgan fingerprint density at radius 3 is 2.54 bits per heavy atom. The van der Waals surface area contributed by atoms with Crippen molar-refractivity contribution in [2.24, 2.45) is 0 Å². The normalized spacial score (nSPS) is 11.4. The molecule has 2 aromatic heterocycles. The number of phenolic OH excluding ortho intramolecular Hbond substituents is 1. The van der Waals surface area contributed by atoms with E-state index in [4.69, 9.17) is 13.1 Å². The van der Waals surface area contributed by atoms with Crippen LogP contribution in [-0.4, -0.2) is 49.1 Å². The van der Waals surface area contributed by atoms with E-state index in [1.54, 1.807) is 28.9 Å². The molecule has 0 amide bonds. The first kappa shape index (κ1) is 24.3. The third-order valence-corrected chi connectivity index (χ3v) is 6.92. The maximum atomic E-state index is 12.4. The number of sulfonamides is 1. The van der Waals surface area contributed by atoms with Gasteiger partial charge in [0.05, 0.1) is 36.3 Å². The smallest absolute Gasteiger partial charge is 0.240 e. The number of nitriles is 1. The van der Waals surface area contributed by atoms with E-state index in [2.05, 4.69) is 20.1 Å². The van der Waals surface area contributed by atoms with E-state index < -0.39 is 10.0 Å². The van der Waals surface area contributed by atoms with Gasteiger partial charge in [-0.3, -0.25) is 0 Å². The van der Waals surface area contributed by atoms with Gasteiger partial charge >= 0.3 is 0 Å². The molecule has 0 fully saturated rings. The van der Waals surface area contributed by atoms with E-state index in [0.29, 0.717) is 47.7 Å². The summed E-state index contributed by atoms with van der Waals surface area (Å²) >= 11 is 0. The van der Waals surface area contributed by atoms with Gasteiger partial charge in [-0.1, -0.05) is 18.5 Å². The molecule has 4 rings (SSSR count). The van der Waals surface area contributed by atoms with E-state index in [1.807, 2.05) is 18.2 Å². The predicted molar refractivity (Wildman–Crippen MR) is 134 cm³/mol. The fraction of sp³-hybridized carbons (Fsp3) is 0.208. The number of para-hydroxylation sites is 1. The Kier molecular flexibility index (Phi) is 7.34. The van der Waals surface area contributed by atoms with Crippen LogP contribution in [0.5, 0.6) is 5.75 Å². The van der Waals surface area contributed by atoms with Crippen LogP contribution in [0.2, 0.25) is 0 Å². The van der Waals surface area contributed by atoms with E-state index in [-0.39, 0.29) is 23.5 Å². The summed E-state index contributed by atoms with van der Waals surface area (Å²) in [6.45, 7) is 0.841. The number of rotatable bonds is 10. The molecule has 0 saturated carbocycles. The number of aromatic nitrogens is 3. The highest BCUT2D eigenvalue weighted by Crippen LogP contribution is 2.30. The number of anilines is 1. The average molecular weight is 486 g/mol. The highest BCUT2D eigenvalue weighted by atomic mass is 32.2. The fourth-order valence-electron chi connectivity index (χ4n) is 3.57. The monoisotopic (exact) mass is 486 g/mol. The second-order valence-electron chi connectivity index (χ2n) is 7.82. The number of nitrogens with one attached hydrogen (secondary N) is 2. The topological polar surface area (TPSA) is 132 Å². The molecule has 0 atom stereocenters. The molecule has 176 valence electrons. The van der Waals surface area contributed by atoms with Crippen molar-refractivity contribution >= 4 is 29.3 Å². The average Bonchev–Trinajstić information content (AvgIpc) is 3.29. The van der Waals surface area contributed by atoms with Crippen molar-refractivity contribution in [3.63, 3.8) is 0 Å². The minimum atomic E-state index is -3.63. The zero-order valence-corrected chi connectivity index (χ0v) is 19.7. The molecule has 35 heavy (non-hydrogen) atoms. The molecule has 0 spiro atoms. The zero-order chi connectivity index (χ0) is 24.8. The molecule has 2 heterocycles. The van der Waals surface area contributed by atoms with Crippen molar-refractivity contribution in [2.45, 2.75) is 24.1 Å². The number of hydrogen-bond acceptors (Lipinski definition) is 7. The Labute approximate surface area is 204 Å². The molecule has 2 radical (unpaired) electrons. The van der Waals surface area contributed by atoms with Gasteiger partial charge in [0.1, 0.15) is 11.6 Å². The number of unbranched alkanes of at least 4 members (excludes halogenated alkanes) is 1. The van der Waals surface area contributed by atoms with Gasteiger partial charge in [0, 0.05) is 30.3 Å². The van der Waals surface area contributed by atoms with Gasteiger partial charge in [0.25, 0.3) is 0 Å². The first-order valence-corrected chi connectivity index (χ1v) is 12.5. The predicted octanol–water partition coefficient (Wildman–Crippen LogP) is 2.81. The summed E-state index contributed by atoms with van der Waals surface area (Å²) in [6.07, 6.45) is 3.24. The Bertz CT molecular complexity index is 1480. The first-order valence-electron chi connectivity index (χ1n) is 11.0. The molecule has 0 unspecified atom stereocenters. The van der Waals surface area contributed by atoms with Crippen molar-refractivity contribution in [1.29, 1.82) is 5.26 Å². The lowest BCUT2D eigenvalue weighted by Crippen LogP contribution is -2.25. The zero-order valence-electron chi connectivity index (χ0n) is 18.8. The number of phenols is 1. The second-order valence-corrected chi connectivity index (χ2v) is 9.59. The van der Waals surface area contributed by atoms with Gasteiger partial charge in [-0.2, -0.15) is 14.9 Å². The maximum absolute atomic E-state index is 12.4. The molecule has 0 aliphatic heterocycles. The van der Waals surface area contributed by atoms with Crippen LogP contribution in [0, 0.1) is 11.3 Å². The summed E-state index contributed by atoms with van der Waals surface area (Å²) in [4.78, 5) is 4.77. The lowest BCUT2D eigenvalue weighted by Gasteiger charge is -2.12. The molecule has 4 aromatic rings. The van der Waals surface area contributed by atoms with Crippen LogP contribution in [0.4, 0.5) is 5.82 Å². The molecular formula is C24H23BN6O3S. The fourth-order valence-corrected chi connectivity index (χ4v) is 4.65. The van der Waals surface area contributed by atoms with E-state index in [0.717, 1.165) is 5.56 Å². The Balaban J connectivity index is 1.40. The highest BCUT2D eigenvalue weighted by Gasteiger charge is 2.15. The lowest BCUT2D eigenvalue weighted by atomic mass is 9.99. The van der Waals surface area contributed by atoms with Crippen LogP contribution in [-0.2, 0) is 16.3 Å². The van der Waals surface area contributed by atoms with Crippen LogP contribution in [0.25, 0.3) is 16.9 Å². The molecular weight excluding hydrogens is 463 g/mol. The highest BCUT2D eigenvalue weighted by molar-refractivity contribution is 7.89. The third kappa shape index (κ3) is 5.45. The SMILES string of the molecule is [B]Cc1cnn2c(NCCCCNS(=O)(=O)c3ccc(C#N)cc3)cc(-c3ccccc3O)nc12. The van der Waals surface area contributed by atoms with Gasteiger partial charge in [0.15, 0.2) is 5.65 Å². The van der Waals surface area contributed by atoms with Gasteiger partial charge in [-0.25, -0.2) is 18.1 Å². The van der Waals surface area contributed by atoms with Crippen molar-refractivity contribution < 1.29 is 13.5 Å². The molecule has 2 aromatic carbocycles. The number of hydrogen-bond donors (Lipinski definition) is 3. The van der Waals surface area contributed by atoms with Crippen LogP contribution in [0.1, 0.15) is 24.0 Å². The molecule has 0 aliphatic rings. The van der Waals surface area contributed by atoms with Crippen molar-refractivity contribution in [3.8, 4) is 23.1 Å². The molecule has 0 saturated heterocycles. The van der Waals surface area contributed by atoms with Crippen LogP contribution in [0.3, 0.4) is 0 Å². The molecule has 11 heteroatoms. The summed E-state index contributed by atoms with van der Waals surface area (Å²) < 4.78 is 29.1. The van der Waals surface area contributed by atoms with Crippen molar-refractivity contribution in [1.82, 2.24) is 19.3 Å². The number of benzene rings is 2. The van der Waals surface area contributed by atoms with E-state index in [9.17, 15) is 13.5 Å². The Morgan fingerprint density at radius 2 is 1.83 bits per heavy atom. The largest absolute Gasteiger partial charge is 0.507 e.